The highest BCUT2D eigenvalue weighted by atomic mass is 16.5. The minimum absolute atomic E-state index is 0.482. The van der Waals surface area contributed by atoms with Gasteiger partial charge in [0.2, 0.25) is 11.8 Å². The summed E-state index contributed by atoms with van der Waals surface area (Å²) in [5.74, 6) is 2.04. The van der Waals surface area contributed by atoms with Crippen molar-refractivity contribution in [3.63, 3.8) is 0 Å². The standard InChI is InChI=1S/C18H24N4O/c1-13-6-4-8-17(19-13)23-12-16-7-5-9-22(11-16)18-20-14(2)10-15(3)21-18/h4,6,8,10,16H,5,7,9,11-12H2,1-3H3. The van der Waals surface area contributed by atoms with Gasteiger partial charge in [0, 0.05) is 42.2 Å². The van der Waals surface area contributed by atoms with Crippen LogP contribution in [0.5, 0.6) is 5.88 Å². The molecule has 0 aromatic carbocycles. The second-order valence-corrected chi connectivity index (χ2v) is 6.33. The van der Waals surface area contributed by atoms with Crippen molar-refractivity contribution < 1.29 is 4.74 Å². The Morgan fingerprint density at radius 3 is 2.61 bits per heavy atom. The number of aromatic nitrogens is 3. The highest BCUT2D eigenvalue weighted by Crippen LogP contribution is 2.22. The minimum Gasteiger partial charge on any atom is -0.477 e. The molecule has 0 amide bonds. The van der Waals surface area contributed by atoms with E-state index >= 15 is 0 Å². The van der Waals surface area contributed by atoms with Gasteiger partial charge in [-0.1, -0.05) is 6.07 Å². The van der Waals surface area contributed by atoms with Crippen molar-refractivity contribution in [3.05, 3.63) is 41.3 Å². The highest BCUT2D eigenvalue weighted by Gasteiger charge is 2.22. The quantitative estimate of drug-likeness (QED) is 0.868. The molecular weight excluding hydrogens is 288 g/mol. The van der Waals surface area contributed by atoms with E-state index in [-0.39, 0.29) is 0 Å². The van der Waals surface area contributed by atoms with Crippen molar-refractivity contribution >= 4 is 5.95 Å². The number of ether oxygens (including phenoxy) is 1. The number of pyridine rings is 1. The predicted octanol–water partition coefficient (Wildman–Crippen LogP) is 3.09. The Kier molecular flexibility index (Phi) is 4.74. The number of hydrogen-bond acceptors (Lipinski definition) is 5. The van der Waals surface area contributed by atoms with E-state index in [0.29, 0.717) is 18.4 Å². The molecule has 0 bridgehead atoms. The zero-order valence-electron chi connectivity index (χ0n) is 14.1. The Balaban J connectivity index is 1.61. The lowest BCUT2D eigenvalue weighted by Crippen LogP contribution is -2.39. The van der Waals surface area contributed by atoms with Crippen LogP contribution in [-0.4, -0.2) is 34.6 Å². The van der Waals surface area contributed by atoms with Crippen LogP contribution in [0.25, 0.3) is 0 Å². The summed E-state index contributed by atoms with van der Waals surface area (Å²) in [6, 6.07) is 7.89. The van der Waals surface area contributed by atoms with Gasteiger partial charge in [0.05, 0.1) is 6.61 Å². The fourth-order valence-electron chi connectivity index (χ4n) is 3.03. The van der Waals surface area contributed by atoms with Crippen molar-refractivity contribution in [1.82, 2.24) is 15.0 Å². The maximum Gasteiger partial charge on any atom is 0.225 e. The number of piperidine rings is 1. The fourth-order valence-corrected chi connectivity index (χ4v) is 3.03. The summed E-state index contributed by atoms with van der Waals surface area (Å²) in [6.45, 7) is 8.67. The summed E-state index contributed by atoms with van der Waals surface area (Å²) in [4.78, 5) is 15.8. The largest absolute Gasteiger partial charge is 0.477 e. The predicted molar refractivity (Wildman–Crippen MR) is 90.9 cm³/mol. The van der Waals surface area contributed by atoms with Gasteiger partial charge < -0.3 is 9.64 Å². The first kappa shape index (κ1) is 15.7. The van der Waals surface area contributed by atoms with Crippen molar-refractivity contribution in [3.8, 4) is 5.88 Å². The lowest BCUT2D eigenvalue weighted by atomic mass is 9.99. The molecular formula is C18H24N4O. The monoisotopic (exact) mass is 312 g/mol. The first-order valence-electron chi connectivity index (χ1n) is 8.24. The molecule has 5 heteroatoms. The maximum atomic E-state index is 5.88. The Hall–Kier alpha value is -2.17. The van der Waals surface area contributed by atoms with Crippen LogP contribution in [0.4, 0.5) is 5.95 Å². The Morgan fingerprint density at radius 1 is 1.09 bits per heavy atom. The highest BCUT2D eigenvalue weighted by molar-refractivity contribution is 5.32. The molecule has 2 aromatic rings. The van der Waals surface area contributed by atoms with Gasteiger partial charge in [-0.25, -0.2) is 15.0 Å². The van der Waals surface area contributed by atoms with E-state index in [0.717, 1.165) is 42.5 Å². The number of hydrogen-bond donors (Lipinski definition) is 0. The molecule has 0 saturated carbocycles. The summed E-state index contributed by atoms with van der Waals surface area (Å²) >= 11 is 0. The average Bonchev–Trinajstić information content (AvgIpc) is 2.52. The third kappa shape index (κ3) is 4.18. The molecule has 3 heterocycles. The molecule has 0 N–H and O–H groups in total. The van der Waals surface area contributed by atoms with Gasteiger partial charge in [-0.3, -0.25) is 0 Å². The van der Waals surface area contributed by atoms with Gasteiger partial charge in [0.15, 0.2) is 0 Å². The van der Waals surface area contributed by atoms with E-state index in [1.54, 1.807) is 0 Å². The molecule has 1 fully saturated rings. The van der Waals surface area contributed by atoms with Crippen LogP contribution in [0.3, 0.4) is 0 Å². The summed E-state index contributed by atoms with van der Waals surface area (Å²) in [5, 5.41) is 0. The van der Waals surface area contributed by atoms with Gasteiger partial charge in [-0.2, -0.15) is 0 Å². The SMILES string of the molecule is Cc1cccc(OCC2CCCN(c3nc(C)cc(C)n3)C2)n1. The number of nitrogens with zero attached hydrogens (tertiary/aromatic N) is 4. The van der Waals surface area contributed by atoms with E-state index in [1.165, 1.54) is 6.42 Å². The third-order valence-corrected chi connectivity index (χ3v) is 4.10. The van der Waals surface area contributed by atoms with E-state index in [2.05, 4.69) is 19.9 Å². The van der Waals surface area contributed by atoms with Crippen molar-refractivity contribution in [2.24, 2.45) is 5.92 Å². The summed E-state index contributed by atoms with van der Waals surface area (Å²) < 4.78 is 5.88. The van der Waals surface area contributed by atoms with Crippen molar-refractivity contribution in [2.75, 3.05) is 24.6 Å². The number of anilines is 1. The first-order chi connectivity index (χ1) is 11.1. The van der Waals surface area contributed by atoms with Crippen LogP contribution in [-0.2, 0) is 0 Å². The van der Waals surface area contributed by atoms with Crippen molar-refractivity contribution in [1.29, 1.82) is 0 Å². The summed E-state index contributed by atoms with van der Waals surface area (Å²) in [7, 11) is 0. The summed E-state index contributed by atoms with van der Waals surface area (Å²) in [6.07, 6.45) is 2.32. The Labute approximate surface area is 137 Å². The van der Waals surface area contributed by atoms with Gasteiger partial charge >= 0.3 is 0 Å². The molecule has 2 aromatic heterocycles. The molecule has 122 valence electrons. The molecule has 1 atom stereocenters. The second-order valence-electron chi connectivity index (χ2n) is 6.33. The Bertz CT molecular complexity index is 654. The van der Waals surface area contributed by atoms with E-state index in [4.69, 9.17) is 4.74 Å². The Morgan fingerprint density at radius 2 is 1.87 bits per heavy atom. The van der Waals surface area contributed by atoms with Crippen molar-refractivity contribution in [2.45, 2.75) is 33.6 Å². The van der Waals surface area contributed by atoms with Crippen LogP contribution in [0.1, 0.15) is 29.9 Å². The van der Waals surface area contributed by atoms with Crippen LogP contribution in [0.2, 0.25) is 0 Å². The molecule has 1 saturated heterocycles. The lowest BCUT2D eigenvalue weighted by molar-refractivity contribution is 0.221. The van der Waals surface area contributed by atoms with Crippen LogP contribution >= 0.6 is 0 Å². The van der Waals surface area contributed by atoms with Crippen LogP contribution in [0.15, 0.2) is 24.3 Å². The number of rotatable bonds is 4. The summed E-state index contributed by atoms with van der Waals surface area (Å²) in [5.41, 5.74) is 3.03. The van der Waals surface area contributed by atoms with E-state index < -0.39 is 0 Å². The average molecular weight is 312 g/mol. The maximum absolute atomic E-state index is 5.88. The van der Waals surface area contributed by atoms with Gasteiger partial charge in [-0.15, -0.1) is 0 Å². The second kappa shape index (κ2) is 6.94. The molecule has 3 rings (SSSR count). The van der Waals surface area contributed by atoms with E-state index in [1.807, 2.05) is 45.0 Å². The molecule has 23 heavy (non-hydrogen) atoms. The lowest BCUT2D eigenvalue weighted by Gasteiger charge is -2.32. The van der Waals surface area contributed by atoms with Crippen LogP contribution < -0.4 is 9.64 Å². The number of aryl methyl sites for hydroxylation is 3. The van der Waals surface area contributed by atoms with Crippen LogP contribution in [0, 0.1) is 26.7 Å². The first-order valence-corrected chi connectivity index (χ1v) is 8.24. The molecule has 0 radical (unpaired) electrons. The van der Waals surface area contributed by atoms with E-state index in [9.17, 15) is 0 Å². The van der Waals surface area contributed by atoms with Gasteiger partial charge in [0.25, 0.3) is 0 Å². The third-order valence-electron chi connectivity index (χ3n) is 4.10. The molecule has 1 unspecified atom stereocenters. The smallest absolute Gasteiger partial charge is 0.225 e. The zero-order valence-corrected chi connectivity index (χ0v) is 14.1. The minimum atomic E-state index is 0.482. The zero-order chi connectivity index (χ0) is 16.2. The van der Waals surface area contributed by atoms with Gasteiger partial charge in [-0.05, 0) is 45.7 Å². The normalized spacial score (nSPS) is 18.0. The topological polar surface area (TPSA) is 51.1 Å². The van der Waals surface area contributed by atoms with Gasteiger partial charge in [0.1, 0.15) is 0 Å². The molecule has 0 aliphatic carbocycles. The fraction of sp³-hybridized carbons (Fsp3) is 0.500. The molecule has 0 spiro atoms. The molecule has 5 nitrogen and oxygen atoms in total. The molecule has 1 aliphatic heterocycles. The molecule has 1 aliphatic rings.